The standard InChI is InChI=1S/C11H14FNO2S/c1-11(2)6-13-9-4-3-8(12)5-10(9)16(14,15)7-11/h3-5,13H,6-7H2,1-2H3. The average Bonchev–Trinajstić information content (AvgIpc) is 2.21. The van der Waals surface area contributed by atoms with Crippen molar-refractivity contribution < 1.29 is 12.8 Å². The summed E-state index contributed by atoms with van der Waals surface area (Å²) < 4.78 is 37.2. The molecule has 1 heterocycles. The molecule has 1 N–H and O–H groups in total. The third kappa shape index (κ3) is 2.04. The van der Waals surface area contributed by atoms with Crippen molar-refractivity contribution in [2.75, 3.05) is 17.6 Å². The monoisotopic (exact) mass is 243 g/mol. The van der Waals surface area contributed by atoms with E-state index >= 15 is 0 Å². The summed E-state index contributed by atoms with van der Waals surface area (Å²) >= 11 is 0. The van der Waals surface area contributed by atoms with Gasteiger partial charge in [0.05, 0.1) is 16.3 Å². The molecule has 0 atom stereocenters. The lowest BCUT2D eigenvalue weighted by Crippen LogP contribution is -2.28. The highest BCUT2D eigenvalue weighted by Crippen LogP contribution is 2.32. The predicted molar refractivity (Wildman–Crippen MR) is 60.7 cm³/mol. The normalized spacial score (nSPS) is 21.7. The van der Waals surface area contributed by atoms with Gasteiger partial charge in [-0.3, -0.25) is 0 Å². The van der Waals surface area contributed by atoms with Crippen LogP contribution in [0.25, 0.3) is 0 Å². The van der Waals surface area contributed by atoms with Crippen molar-refractivity contribution in [3.05, 3.63) is 24.0 Å². The first kappa shape index (κ1) is 11.4. The predicted octanol–water partition coefficient (Wildman–Crippen LogP) is 2.05. The largest absolute Gasteiger partial charge is 0.383 e. The summed E-state index contributed by atoms with van der Waals surface area (Å²) in [5.41, 5.74) is 0.140. The summed E-state index contributed by atoms with van der Waals surface area (Å²) in [6.07, 6.45) is 0. The molecule has 3 nitrogen and oxygen atoms in total. The van der Waals surface area contributed by atoms with Crippen LogP contribution in [0.2, 0.25) is 0 Å². The third-order valence-corrected chi connectivity index (χ3v) is 4.79. The van der Waals surface area contributed by atoms with Crippen molar-refractivity contribution in [2.24, 2.45) is 5.41 Å². The van der Waals surface area contributed by atoms with E-state index in [2.05, 4.69) is 5.32 Å². The zero-order chi connectivity index (χ0) is 12.0. The number of halogens is 1. The van der Waals surface area contributed by atoms with Gasteiger partial charge in [0, 0.05) is 6.54 Å². The highest BCUT2D eigenvalue weighted by atomic mass is 32.2. The summed E-state index contributed by atoms with van der Waals surface area (Å²) in [4.78, 5) is 0.0677. The maximum absolute atomic E-state index is 13.1. The third-order valence-electron chi connectivity index (χ3n) is 2.62. The Morgan fingerprint density at radius 2 is 2.06 bits per heavy atom. The molecule has 0 unspecified atom stereocenters. The molecule has 0 saturated carbocycles. The second kappa shape index (κ2) is 3.45. The van der Waals surface area contributed by atoms with Gasteiger partial charge in [-0.15, -0.1) is 0 Å². The Morgan fingerprint density at radius 3 is 2.75 bits per heavy atom. The number of nitrogens with one attached hydrogen (secondary N) is 1. The summed E-state index contributed by atoms with van der Waals surface area (Å²) in [7, 11) is -3.41. The lowest BCUT2D eigenvalue weighted by Gasteiger charge is -2.20. The van der Waals surface area contributed by atoms with E-state index in [1.807, 2.05) is 13.8 Å². The van der Waals surface area contributed by atoms with Crippen LogP contribution >= 0.6 is 0 Å². The molecule has 1 aromatic carbocycles. The molecule has 1 aliphatic heterocycles. The van der Waals surface area contributed by atoms with Crippen LogP contribution in [0.4, 0.5) is 10.1 Å². The van der Waals surface area contributed by atoms with Gasteiger partial charge in [-0.05, 0) is 23.6 Å². The number of sulfone groups is 1. The van der Waals surface area contributed by atoms with Crippen LogP contribution in [0.3, 0.4) is 0 Å². The van der Waals surface area contributed by atoms with Gasteiger partial charge in [-0.2, -0.15) is 0 Å². The molecule has 0 fully saturated rings. The van der Waals surface area contributed by atoms with Crippen molar-refractivity contribution in [1.82, 2.24) is 0 Å². The maximum atomic E-state index is 13.1. The van der Waals surface area contributed by atoms with Gasteiger partial charge in [0.15, 0.2) is 9.84 Å². The Kier molecular flexibility index (Phi) is 2.45. The fraction of sp³-hybridized carbons (Fsp3) is 0.455. The van der Waals surface area contributed by atoms with Gasteiger partial charge in [0.1, 0.15) is 5.82 Å². The molecule has 0 bridgehead atoms. The smallest absolute Gasteiger partial charge is 0.181 e. The van der Waals surface area contributed by atoms with Crippen LogP contribution in [-0.2, 0) is 9.84 Å². The summed E-state index contributed by atoms with van der Waals surface area (Å²) in [6.45, 7) is 4.31. The molecule has 5 heteroatoms. The topological polar surface area (TPSA) is 46.2 Å². The average molecular weight is 243 g/mol. The molecule has 0 saturated heterocycles. The van der Waals surface area contributed by atoms with E-state index in [-0.39, 0.29) is 16.1 Å². The molecule has 0 spiro atoms. The molecule has 88 valence electrons. The quantitative estimate of drug-likeness (QED) is 0.758. The molecule has 1 aromatic rings. The number of hydrogen-bond acceptors (Lipinski definition) is 3. The Bertz CT molecular complexity index is 523. The van der Waals surface area contributed by atoms with Gasteiger partial charge in [-0.25, -0.2) is 12.8 Å². The first-order chi connectivity index (χ1) is 7.30. The van der Waals surface area contributed by atoms with Crippen LogP contribution in [0.15, 0.2) is 23.1 Å². The zero-order valence-electron chi connectivity index (χ0n) is 9.25. The number of benzene rings is 1. The first-order valence-electron chi connectivity index (χ1n) is 5.06. The zero-order valence-corrected chi connectivity index (χ0v) is 10.1. The van der Waals surface area contributed by atoms with Crippen molar-refractivity contribution in [2.45, 2.75) is 18.7 Å². The highest BCUT2D eigenvalue weighted by Gasteiger charge is 2.32. The molecular formula is C11H14FNO2S. The number of fused-ring (bicyclic) bond motifs is 1. The molecule has 16 heavy (non-hydrogen) atoms. The van der Waals surface area contributed by atoms with Crippen LogP contribution in [-0.4, -0.2) is 20.7 Å². The molecule has 0 radical (unpaired) electrons. The van der Waals surface area contributed by atoms with Gasteiger partial charge in [-0.1, -0.05) is 13.8 Å². The fourth-order valence-corrected chi connectivity index (χ4v) is 3.93. The van der Waals surface area contributed by atoms with Crippen molar-refractivity contribution in [3.63, 3.8) is 0 Å². The molecule has 0 aromatic heterocycles. The highest BCUT2D eigenvalue weighted by molar-refractivity contribution is 7.91. The Hall–Kier alpha value is -1.10. The minimum absolute atomic E-state index is 0.0312. The van der Waals surface area contributed by atoms with Gasteiger partial charge >= 0.3 is 0 Å². The van der Waals surface area contributed by atoms with Crippen molar-refractivity contribution >= 4 is 15.5 Å². The van der Waals surface area contributed by atoms with Crippen molar-refractivity contribution in [1.29, 1.82) is 0 Å². The SMILES string of the molecule is CC1(C)CNc2ccc(F)cc2S(=O)(=O)C1. The van der Waals surface area contributed by atoms with E-state index in [9.17, 15) is 12.8 Å². The second-order valence-electron chi connectivity index (χ2n) is 4.92. The lowest BCUT2D eigenvalue weighted by molar-refractivity contribution is 0.442. The van der Waals surface area contributed by atoms with Crippen LogP contribution < -0.4 is 5.32 Å². The van der Waals surface area contributed by atoms with Crippen LogP contribution in [0.5, 0.6) is 0 Å². The van der Waals surface area contributed by atoms with E-state index in [0.717, 1.165) is 6.07 Å². The van der Waals surface area contributed by atoms with Crippen molar-refractivity contribution in [3.8, 4) is 0 Å². The summed E-state index contributed by atoms with van der Waals surface area (Å²) in [6, 6.07) is 3.82. The van der Waals surface area contributed by atoms with E-state index in [1.165, 1.54) is 12.1 Å². The Labute approximate surface area is 94.6 Å². The molecule has 1 aliphatic rings. The van der Waals surface area contributed by atoms with Gasteiger partial charge in [0.2, 0.25) is 0 Å². The maximum Gasteiger partial charge on any atom is 0.181 e. The number of hydrogen-bond donors (Lipinski definition) is 1. The van der Waals surface area contributed by atoms with Crippen LogP contribution in [0.1, 0.15) is 13.8 Å². The molecule has 0 amide bonds. The first-order valence-corrected chi connectivity index (χ1v) is 6.72. The van der Waals surface area contributed by atoms with Gasteiger partial charge < -0.3 is 5.32 Å². The van der Waals surface area contributed by atoms with Crippen LogP contribution in [0, 0.1) is 11.2 Å². The minimum Gasteiger partial charge on any atom is -0.383 e. The number of rotatable bonds is 0. The van der Waals surface area contributed by atoms with Gasteiger partial charge in [0.25, 0.3) is 0 Å². The lowest BCUT2D eigenvalue weighted by atomic mass is 9.96. The molecule has 2 rings (SSSR count). The Morgan fingerprint density at radius 1 is 1.38 bits per heavy atom. The minimum atomic E-state index is -3.41. The fourth-order valence-electron chi connectivity index (χ4n) is 1.88. The van der Waals surface area contributed by atoms with E-state index in [4.69, 9.17) is 0 Å². The number of anilines is 1. The summed E-state index contributed by atoms with van der Waals surface area (Å²) in [5, 5.41) is 3.05. The Balaban J connectivity index is 2.60. The van der Waals surface area contributed by atoms with E-state index < -0.39 is 15.7 Å². The molecular weight excluding hydrogens is 229 g/mol. The second-order valence-corrected chi connectivity index (χ2v) is 6.88. The summed E-state index contributed by atoms with van der Waals surface area (Å²) in [5.74, 6) is -0.493. The van der Waals surface area contributed by atoms with E-state index in [1.54, 1.807) is 0 Å². The van der Waals surface area contributed by atoms with E-state index in [0.29, 0.717) is 12.2 Å². The molecule has 0 aliphatic carbocycles.